The number of likely N-dealkylation sites (N-methyl/N-ethyl adjacent to an activating group) is 1. The largest absolute Gasteiger partial charge is 0.356 e. The molecule has 5 rings (SSSR count). The molecule has 0 spiro atoms. The highest BCUT2D eigenvalue weighted by atomic mass is 16.2. The van der Waals surface area contributed by atoms with Crippen molar-refractivity contribution in [1.29, 1.82) is 0 Å². The number of aryl methyl sites for hydroxylation is 2. The van der Waals surface area contributed by atoms with Crippen molar-refractivity contribution >= 4 is 40.0 Å². The first-order valence-corrected chi connectivity index (χ1v) is 12.3. The number of fused-ring (bicyclic) bond motifs is 3. The van der Waals surface area contributed by atoms with E-state index in [0.717, 1.165) is 42.8 Å². The Labute approximate surface area is 205 Å². The van der Waals surface area contributed by atoms with Crippen molar-refractivity contribution in [2.24, 2.45) is 0 Å². The van der Waals surface area contributed by atoms with Crippen molar-refractivity contribution in [2.45, 2.75) is 51.0 Å². The van der Waals surface area contributed by atoms with Gasteiger partial charge in [-0.15, -0.1) is 0 Å². The van der Waals surface area contributed by atoms with Crippen molar-refractivity contribution in [3.05, 3.63) is 41.9 Å². The van der Waals surface area contributed by atoms with Crippen LogP contribution in [0, 0.1) is 0 Å². The molecule has 35 heavy (non-hydrogen) atoms. The molecule has 2 amide bonds. The summed E-state index contributed by atoms with van der Waals surface area (Å²) in [4.78, 5) is 41.9. The summed E-state index contributed by atoms with van der Waals surface area (Å²) in [5, 5.41) is 7.00. The van der Waals surface area contributed by atoms with Gasteiger partial charge in [0.05, 0.1) is 5.39 Å². The van der Waals surface area contributed by atoms with Crippen LogP contribution >= 0.6 is 0 Å². The van der Waals surface area contributed by atoms with Crippen molar-refractivity contribution in [3.8, 4) is 0 Å². The van der Waals surface area contributed by atoms with Gasteiger partial charge in [0.1, 0.15) is 23.3 Å². The number of nitrogens with one attached hydrogen (secondary N) is 3. The van der Waals surface area contributed by atoms with Gasteiger partial charge in [-0.3, -0.25) is 14.5 Å². The Morgan fingerprint density at radius 2 is 1.66 bits per heavy atom. The maximum Gasteiger partial charge on any atom is 0.245 e. The molecule has 1 fully saturated rings. The summed E-state index contributed by atoms with van der Waals surface area (Å²) in [6.45, 7) is 2.94. The van der Waals surface area contributed by atoms with E-state index >= 15 is 0 Å². The maximum atomic E-state index is 13.5. The van der Waals surface area contributed by atoms with Gasteiger partial charge in [0.2, 0.25) is 11.8 Å². The molecule has 1 saturated heterocycles. The molecular formula is C26H33N7O2. The fourth-order valence-electron chi connectivity index (χ4n) is 5.50. The molecule has 9 nitrogen and oxygen atoms in total. The molecule has 1 aliphatic carbocycles. The highest BCUT2D eigenvalue weighted by Crippen LogP contribution is 2.37. The minimum absolute atomic E-state index is 0.0127. The molecule has 0 saturated carbocycles. The Balaban J connectivity index is 1.33. The summed E-state index contributed by atoms with van der Waals surface area (Å²) in [5.41, 5.74) is 4.39. The fourth-order valence-corrected chi connectivity index (χ4v) is 5.50. The topological polar surface area (TPSA) is 106 Å². The van der Waals surface area contributed by atoms with E-state index in [1.807, 2.05) is 31.1 Å². The zero-order valence-corrected chi connectivity index (χ0v) is 20.6. The lowest BCUT2D eigenvalue weighted by molar-refractivity contribution is -0.128. The van der Waals surface area contributed by atoms with Gasteiger partial charge < -0.3 is 20.5 Å². The van der Waals surface area contributed by atoms with E-state index in [1.54, 1.807) is 18.5 Å². The number of nitrogens with zero attached hydrogens (tertiary/aromatic N) is 4. The zero-order chi connectivity index (χ0) is 24.6. The fraction of sp³-hybridized carbons (Fsp3) is 0.462. The molecule has 0 bridgehead atoms. The number of benzene rings is 1. The van der Waals surface area contributed by atoms with Crippen LogP contribution in [0.2, 0.25) is 0 Å². The Hall–Kier alpha value is -3.46. The summed E-state index contributed by atoms with van der Waals surface area (Å²) in [5.74, 6) is 0.846. The van der Waals surface area contributed by atoms with E-state index in [9.17, 15) is 9.59 Å². The van der Waals surface area contributed by atoms with E-state index in [1.165, 1.54) is 31.0 Å². The van der Waals surface area contributed by atoms with Crippen LogP contribution in [-0.4, -0.2) is 64.4 Å². The molecule has 3 N–H and O–H groups in total. The molecule has 2 aliphatic rings. The molecule has 0 radical (unpaired) electrons. The van der Waals surface area contributed by atoms with Crippen LogP contribution in [-0.2, 0) is 22.4 Å². The number of carbonyl (C=O) groups excluding carboxylic acids is 2. The summed E-state index contributed by atoms with van der Waals surface area (Å²) in [6, 6.07) is 7.21. The Bertz CT molecular complexity index is 1240. The molecule has 1 aliphatic heterocycles. The Morgan fingerprint density at radius 3 is 2.31 bits per heavy atom. The lowest BCUT2D eigenvalue weighted by Gasteiger charge is -2.45. The van der Waals surface area contributed by atoms with Gasteiger partial charge in [0, 0.05) is 37.1 Å². The van der Waals surface area contributed by atoms with Gasteiger partial charge in [-0.25, -0.2) is 9.97 Å². The second kappa shape index (κ2) is 9.30. The minimum atomic E-state index is -0.615. The summed E-state index contributed by atoms with van der Waals surface area (Å²) in [6.07, 6.45) is 7.56. The molecule has 2 aromatic heterocycles. The standard InChI is InChI=1S/C26H33N7O2/c1-17(34)29-18-8-10-19(11-9-18)30-25(35)26(32(2)3)12-14-33(15-13-26)24-22-20-6-4-5-7-21(20)31-23(22)27-16-28-24/h8-11,16H,4-7,12-15H2,1-3H3,(H,29,34)(H,30,35)(H,27,28,31). The van der Waals surface area contributed by atoms with Crippen LogP contribution in [0.3, 0.4) is 0 Å². The van der Waals surface area contributed by atoms with E-state index in [4.69, 9.17) is 4.98 Å². The average molecular weight is 476 g/mol. The third kappa shape index (κ3) is 4.36. The highest BCUT2D eigenvalue weighted by Gasteiger charge is 2.44. The van der Waals surface area contributed by atoms with Crippen molar-refractivity contribution in [2.75, 3.05) is 42.7 Å². The SMILES string of the molecule is CC(=O)Nc1ccc(NC(=O)C2(N(C)C)CCN(c3ncnc4[nH]c5c(c34)CCCC5)CC2)cc1. The van der Waals surface area contributed by atoms with Crippen molar-refractivity contribution in [1.82, 2.24) is 19.9 Å². The predicted molar refractivity (Wildman–Crippen MR) is 138 cm³/mol. The minimum Gasteiger partial charge on any atom is -0.356 e. The smallest absolute Gasteiger partial charge is 0.245 e. The van der Waals surface area contributed by atoms with Crippen LogP contribution < -0.4 is 15.5 Å². The third-order valence-corrected chi connectivity index (χ3v) is 7.50. The van der Waals surface area contributed by atoms with Gasteiger partial charge >= 0.3 is 0 Å². The normalized spacial score (nSPS) is 17.3. The van der Waals surface area contributed by atoms with E-state index in [-0.39, 0.29) is 11.8 Å². The quantitative estimate of drug-likeness (QED) is 0.523. The zero-order valence-electron chi connectivity index (χ0n) is 20.6. The van der Waals surface area contributed by atoms with Crippen LogP contribution in [0.15, 0.2) is 30.6 Å². The number of amides is 2. The molecule has 184 valence electrons. The number of hydrogen-bond acceptors (Lipinski definition) is 6. The molecule has 9 heteroatoms. The number of aromatic amines is 1. The maximum absolute atomic E-state index is 13.5. The highest BCUT2D eigenvalue weighted by molar-refractivity contribution is 5.99. The van der Waals surface area contributed by atoms with Gasteiger partial charge in [0.25, 0.3) is 0 Å². The molecule has 3 aromatic rings. The summed E-state index contributed by atoms with van der Waals surface area (Å²) < 4.78 is 0. The lowest BCUT2D eigenvalue weighted by Crippen LogP contribution is -2.59. The van der Waals surface area contributed by atoms with Crippen LogP contribution in [0.1, 0.15) is 43.9 Å². The summed E-state index contributed by atoms with van der Waals surface area (Å²) in [7, 11) is 3.95. The first-order chi connectivity index (χ1) is 16.9. The van der Waals surface area contributed by atoms with Crippen molar-refractivity contribution < 1.29 is 9.59 Å². The molecule has 0 unspecified atom stereocenters. The predicted octanol–water partition coefficient (Wildman–Crippen LogP) is 3.33. The molecule has 1 aromatic carbocycles. The van der Waals surface area contributed by atoms with Crippen LogP contribution in [0.4, 0.5) is 17.2 Å². The number of carbonyl (C=O) groups is 2. The van der Waals surface area contributed by atoms with Gasteiger partial charge in [-0.2, -0.15) is 0 Å². The van der Waals surface area contributed by atoms with Crippen LogP contribution in [0.25, 0.3) is 11.0 Å². The first-order valence-electron chi connectivity index (χ1n) is 12.3. The monoisotopic (exact) mass is 475 g/mol. The average Bonchev–Trinajstić information content (AvgIpc) is 3.24. The summed E-state index contributed by atoms with van der Waals surface area (Å²) >= 11 is 0. The number of hydrogen-bond donors (Lipinski definition) is 3. The van der Waals surface area contributed by atoms with E-state index in [2.05, 4.69) is 25.5 Å². The number of H-pyrrole nitrogens is 1. The Kier molecular flexibility index (Phi) is 6.19. The third-order valence-electron chi connectivity index (χ3n) is 7.50. The van der Waals surface area contributed by atoms with Gasteiger partial charge in [-0.1, -0.05) is 0 Å². The second-order valence-corrected chi connectivity index (χ2v) is 9.84. The first kappa shape index (κ1) is 23.3. The Morgan fingerprint density at radius 1 is 1.00 bits per heavy atom. The molecule has 0 atom stereocenters. The van der Waals surface area contributed by atoms with Crippen LogP contribution in [0.5, 0.6) is 0 Å². The lowest BCUT2D eigenvalue weighted by atomic mass is 9.85. The van der Waals surface area contributed by atoms with Gasteiger partial charge in [0.15, 0.2) is 0 Å². The van der Waals surface area contributed by atoms with E-state index < -0.39 is 5.54 Å². The van der Waals surface area contributed by atoms with E-state index in [0.29, 0.717) is 24.2 Å². The van der Waals surface area contributed by atoms with Crippen molar-refractivity contribution in [3.63, 3.8) is 0 Å². The number of rotatable bonds is 5. The molecular weight excluding hydrogens is 442 g/mol. The number of anilines is 3. The number of aromatic nitrogens is 3. The number of piperidine rings is 1. The molecule has 3 heterocycles. The van der Waals surface area contributed by atoms with Gasteiger partial charge in [-0.05, 0) is 82.4 Å². The second-order valence-electron chi connectivity index (χ2n) is 9.84.